The highest BCUT2D eigenvalue weighted by molar-refractivity contribution is 14.1. The summed E-state index contributed by atoms with van der Waals surface area (Å²) in [6, 6.07) is 8.23. The van der Waals surface area contributed by atoms with E-state index in [1.54, 1.807) is 4.90 Å². The fraction of sp³-hybridized carbons (Fsp3) is 0.300. The maximum absolute atomic E-state index is 14.3. The molecule has 3 rings (SSSR count). The number of carbonyl (C=O) groups is 2. The van der Waals surface area contributed by atoms with Crippen LogP contribution in [0.3, 0.4) is 0 Å². The Labute approximate surface area is 181 Å². The molecule has 8 heteroatoms. The fourth-order valence-corrected chi connectivity index (χ4v) is 4.24. The van der Waals surface area contributed by atoms with Gasteiger partial charge in [-0.05, 0) is 71.3 Å². The number of nitrogens with zero attached hydrogens (tertiary/aromatic N) is 1. The summed E-state index contributed by atoms with van der Waals surface area (Å²) in [4.78, 5) is 26.1. The molecule has 5 nitrogen and oxygen atoms in total. The van der Waals surface area contributed by atoms with E-state index in [2.05, 4.69) is 10.1 Å². The zero-order valence-electron chi connectivity index (χ0n) is 15.4. The fourth-order valence-electron chi connectivity index (χ4n) is 3.36. The lowest BCUT2D eigenvalue weighted by atomic mass is 9.93. The molecule has 1 amide bonds. The van der Waals surface area contributed by atoms with Crippen LogP contribution in [0.2, 0.25) is 5.02 Å². The van der Waals surface area contributed by atoms with E-state index in [1.165, 1.54) is 13.2 Å². The van der Waals surface area contributed by atoms with Crippen molar-refractivity contribution in [3.05, 3.63) is 61.4 Å². The van der Waals surface area contributed by atoms with Gasteiger partial charge in [-0.25, -0.2) is 9.18 Å². The molecular weight excluding hydrogens is 498 g/mol. The summed E-state index contributed by atoms with van der Waals surface area (Å²) in [6.07, 6.45) is 0.728. The van der Waals surface area contributed by atoms with E-state index >= 15 is 0 Å². The molecule has 1 aliphatic rings. The first-order valence-corrected chi connectivity index (χ1v) is 10.2. The summed E-state index contributed by atoms with van der Waals surface area (Å²) >= 11 is 7.99. The van der Waals surface area contributed by atoms with Crippen LogP contribution in [-0.2, 0) is 16.0 Å². The quantitative estimate of drug-likeness (QED) is 0.483. The average molecular weight is 517 g/mol. The summed E-state index contributed by atoms with van der Waals surface area (Å²) in [5.74, 6) is -1.34. The Bertz CT molecular complexity index is 938. The second kappa shape index (κ2) is 8.65. The molecule has 2 aromatic carbocycles. The zero-order chi connectivity index (χ0) is 20.4. The van der Waals surface area contributed by atoms with Gasteiger partial charge in [0.15, 0.2) is 0 Å². The smallest absolute Gasteiger partial charge is 0.339 e. The van der Waals surface area contributed by atoms with Gasteiger partial charge in [-0.1, -0.05) is 17.7 Å². The number of carbonyl (C=O) groups excluding carboxylic acids is 2. The third-order valence-electron chi connectivity index (χ3n) is 4.86. The van der Waals surface area contributed by atoms with E-state index in [1.807, 2.05) is 47.7 Å². The van der Waals surface area contributed by atoms with Crippen molar-refractivity contribution >= 4 is 51.8 Å². The van der Waals surface area contributed by atoms with Crippen molar-refractivity contribution in [2.45, 2.75) is 19.4 Å². The number of hydrogen-bond acceptors (Lipinski definition) is 4. The number of benzene rings is 2. The van der Waals surface area contributed by atoms with Gasteiger partial charge in [0, 0.05) is 15.1 Å². The molecule has 1 N–H and O–H groups in total. The number of halogens is 3. The minimum atomic E-state index is -0.611. The Morgan fingerprint density at radius 3 is 2.82 bits per heavy atom. The lowest BCUT2D eigenvalue weighted by Gasteiger charge is -2.35. The van der Waals surface area contributed by atoms with Crippen molar-refractivity contribution in [2.24, 2.45) is 0 Å². The maximum Gasteiger partial charge on any atom is 0.339 e. The Morgan fingerprint density at radius 2 is 2.11 bits per heavy atom. The number of rotatable bonds is 4. The van der Waals surface area contributed by atoms with Crippen LogP contribution in [0.5, 0.6) is 0 Å². The Balaban J connectivity index is 1.70. The van der Waals surface area contributed by atoms with Gasteiger partial charge >= 0.3 is 5.97 Å². The summed E-state index contributed by atoms with van der Waals surface area (Å²) < 4.78 is 19.5. The number of ether oxygens (including phenoxy) is 1. The third kappa shape index (κ3) is 4.25. The molecule has 1 heterocycles. The number of anilines is 1. The molecule has 0 fully saturated rings. The van der Waals surface area contributed by atoms with Crippen molar-refractivity contribution in [2.75, 3.05) is 25.5 Å². The number of esters is 1. The van der Waals surface area contributed by atoms with Gasteiger partial charge in [0.2, 0.25) is 5.91 Å². The van der Waals surface area contributed by atoms with E-state index in [4.69, 9.17) is 11.6 Å². The minimum absolute atomic E-state index is 0.0438. The second-order valence-electron chi connectivity index (χ2n) is 6.51. The summed E-state index contributed by atoms with van der Waals surface area (Å²) in [5, 5.41) is 3.53. The van der Waals surface area contributed by atoms with Gasteiger partial charge in [0.25, 0.3) is 0 Å². The van der Waals surface area contributed by atoms with Gasteiger partial charge in [-0.2, -0.15) is 0 Å². The lowest BCUT2D eigenvalue weighted by Crippen LogP contribution is -2.41. The normalized spacial score (nSPS) is 15.8. The molecule has 0 aliphatic carbocycles. The van der Waals surface area contributed by atoms with Crippen LogP contribution >= 0.6 is 34.2 Å². The van der Waals surface area contributed by atoms with E-state index in [0.717, 1.165) is 23.6 Å². The van der Waals surface area contributed by atoms with E-state index in [9.17, 15) is 14.0 Å². The number of amides is 1. The SMILES string of the molecule is COC(=O)c1cc(F)c(NCC(=O)N2CCc3cc(Cl)ccc3[C@@H]2C)cc1I. The summed E-state index contributed by atoms with van der Waals surface area (Å²) in [5.41, 5.74) is 2.54. The molecule has 0 saturated carbocycles. The van der Waals surface area contributed by atoms with Crippen LogP contribution in [0.4, 0.5) is 10.1 Å². The molecule has 0 spiro atoms. The van der Waals surface area contributed by atoms with Crippen LogP contribution in [0.25, 0.3) is 0 Å². The molecule has 1 atom stereocenters. The molecule has 0 bridgehead atoms. The topological polar surface area (TPSA) is 58.6 Å². The number of fused-ring (bicyclic) bond motifs is 1. The van der Waals surface area contributed by atoms with Gasteiger partial charge in [-0.3, -0.25) is 4.79 Å². The highest BCUT2D eigenvalue weighted by Crippen LogP contribution is 2.31. The molecule has 0 aromatic heterocycles. The molecule has 0 saturated heterocycles. The minimum Gasteiger partial charge on any atom is -0.465 e. The zero-order valence-corrected chi connectivity index (χ0v) is 18.3. The lowest BCUT2D eigenvalue weighted by molar-refractivity contribution is -0.131. The monoisotopic (exact) mass is 516 g/mol. The van der Waals surface area contributed by atoms with Gasteiger partial charge < -0.3 is 15.0 Å². The second-order valence-corrected chi connectivity index (χ2v) is 8.11. The number of nitrogens with one attached hydrogen (secondary N) is 1. The molecule has 0 radical (unpaired) electrons. The summed E-state index contributed by atoms with van der Waals surface area (Å²) in [7, 11) is 1.24. The Hall–Kier alpha value is -1.87. The van der Waals surface area contributed by atoms with Gasteiger partial charge in [0.1, 0.15) is 5.82 Å². The average Bonchev–Trinajstić information content (AvgIpc) is 2.67. The van der Waals surface area contributed by atoms with Crippen LogP contribution in [-0.4, -0.2) is 37.0 Å². The number of hydrogen-bond donors (Lipinski definition) is 1. The van der Waals surface area contributed by atoms with Crippen molar-refractivity contribution in [3.63, 3.8) is 0 Å². The van der Waals surface area contributed by atoms with Crippen molar-refractivity contribution in [3.8, 4) is 0 Å². The van der Waals surface area contributed by atoms with Crippen LogP contribution in [0, 0.1) is 9.39 Å². The first-order chi connectivity index (χ1) is 13.3. The largest absolute Gasteiger partial charge is 0.465 e. The third-order valence-corrected chi connectivity index (χ3v) is 5.98. The Morgan fingerprint density at radius 1 is 1.36 bits per heavy atom. The van der Waals surface area contributed by atoms with Crippen molar-refractivity contribution < 1.29 is 18.7 Å². The van der Waals surface area contributed by atoms with E-state index < -0.39 is 11.8 Å². The Kier molecular flexibility index (Phi) is 6.44. The van der Waals surface area contributed by atoms with Crippen LogP contribution in [0.15, 0.2) is 30.3 Å². The van der Waals surface area contributed by atoms with Crippen LogP contribution < -0.4 is 5.32 Å². The van der Waals surface area contributed by atoms with Crippen molar-refractivity contribution in [1.29, 1.82) is 0 Å². The van der Waals surface area contributed by atoms with Crippen molar-refractivity contribution in [1.82, 2.24) is 4.90 Å². The highest BCUT2D eigenvalue weighted by Gasteiger charge is 2.27. The summed E-state index contributed by atoms with van der Waals surface area (Å²) in [6.45, 7) is 2.51. The molecular formula is C20H19ClFIN2O3. The standard InChI is InChI=1S/C20H19ClFIN2O3/c1-11-14-4-3-13(21)7-12(14)5-6-25(11)19(26)10-24-18-9-17(23)15(8-16(18)22)20(27)28-2/h3-4,7-9,11,24H,5-6,10H2,1-2H3/t11-/m0/s1. The molecule has 148 valence electrons. The molecule has 0 unspecified atom stereocenters. The van der Waals surface area contributed by atoms with Crippen LogP contribution in [0.1, 0.15) is 34.5 Å². The van der Waals surface area contributed by atoms with Gasteiger partial charge in [0.05, 0.1) is 30.9 Å². The first kappa shape index (κ1) is 20.9. The molecule has 2 aromatic rings. The van der Waals surface area contributed by atoms with E-state index in [0.29, 0.717) is 15.1 Å². The maximum atomic E-state index is 14.3. The number of methoxy groups -OCH3 is 1. The first-order valence-electron chi connectivity index (χ1n) is 8.71. The predicted octanol–water partition coefficient (Wildman–Crippen LogP) is 4.43. The molecule has 1 aliphatic heterocycles. The van der Waals surface area contributed by atoms with E-state index in [-0.39, 0.29) is 29.7 Å². The highest BCUT2D eigenvalue weighted by atomic mass is 127. The molecule has 28 heavy (non-hydrogen) atoms. The van der Waals surface area contributed by atoms with Gasteiger partial charge in [-0.15, -0.1) is 0 Å². The predicted molar refractivity (Wildman–Crippen MR) is 114 cm³/mol.